The Hall–Kier alpha value is -3.27. The molecular formula is C18H12F3N3O. The quantitative estimate of drug-likeness (QED) is 0.655. The summed E-state index contributed by atoms with van der Waals surface area (Å²) in [6, 6.07) is 8.54. The van der Waals surface area contributed by atoms with E-state index in [0.29, 0.717) is 28.0 Å². The molecule has 0 aliphatic rings. The Morgan fingerprint density at radius 2 is 1.92 bits per heavy atom. The number of halogens is 3. The number of rotatable bonds is 3. The molecule has 0 saturated heterocycles. The van der Waals surface area contributed by atoms with Gasteiger partial charge in [0.25, 0.3) is 0 Å². The van der Waals surface area contributed by atoms with E-state index < -0.39 is 11.7 Å². The largest absolute Gasteiger partial charge is 0.507 e. The number of ether oxygens (including phenoxy) is 1. The molecule has 3 rings (SSSR count). The summed E-state index contributed by atoms with van der Waals surface area (Å²) in [6.07, 6.45) is -1.58. The summed E-state index contributed by atoms with van der Waals surface area (Å²) < 4.78 is 44.5. The number of aromatic amines is 1. The fourth-order valence-corrected chi connectivity index (χ4v) is 2.58. The first kappa shape index (κ1) is 16.6. The van der Waals surface area contributed by atoms with Crippen molar-refractivity contribution in [2.75, 3.05) is 7.11 Å². The van der Waals surface area contributed by atoms with Crippen molar-refractivity contribution in [1.82, 2.24) is 10.2 Å². The third-order valence-corrected chi connectivity index (χ3v) is 3.70. The monoisotopic (exact) mass is 343 g/mol. The van der Waals surface area contributed by atoms with Gasteiger partial charge >= 0.3 is 6.18 Å². The topological polar surface area (TPSA) is 42.3 Å². The fourth-order valence-electron chi connectivity index (χ4n) is 2.58. The Labute approximate surface area is 141 Å². The lowest BCUT2D eigenvalue weighted by atomic mass is 10.1. The lowest BCUT2D eigenvalue weighted by Gasteiger charge is -2.09. The molecule has 0 aliphatic carbocycles. The number of hydrogen-bond acceptors (Lipinski definition) is 2. The van der Waals surface area contributed by atoms with Crippen LogP contribution < -0.4 is 4.74 Å². The normalized spacial score (nSPS) is 11.8. The zero-order valence-electron chi connectivity index (χ0n) is 13.1. The Kier molecular flexibility index (Phi) is 4.19. The second-order valence-electron chi connectivity index (χ2n) is 5.18. The van der Waals surface area contributed by atoms with Crippen LogP contribution in [0.4, 0.5) is 18.9 Å². The summed E-state index contributed by atoms with van der Waals surface area (Å²) >= 11 is 0. The number of hydrogen-bond donors (Lipinski definition) is 1. The number of aromatic nitrogens is 2. The molecule has 126 valence electrons. The maximum atomic E-state index is 13.1. The number of methoxy groups -OCH3 is 1. The van der Waals surface area contributed by atoms with Crippen LogP contribution in [-0.4, -0.2) is 17.3 Å². The van der Waals surface area contributed by atoms with Crippen molar-refractivity contribution >= 4 is 28.7 Å². The van der Waals surface area contributed by atoms with Crippen LogP contribution in [-0.2, 0) is 6.18 Å². The Balaban J connectivity index is 2.11. The predicted molar refractivity (Wildman–Crippen MR) is 89.3 cm³/mol. The van der Waals surface area contributed by atoms with Crippen molar-refractivity contribution in [3.8, 4) is 5.75 Å². The number of nitrogens with one attached hydrogen (secondary N) is 1. The molecule has 1 heterocycles. The molecule has 25 heavy (non-hydrogen) atoms. The van der Waals surface area contributed by atoms with Crippen LogP contribution in [0.3, 0.4) is 0 Å². The number of nitrogens with zero attached hydrogens (tertiary/aromatic N) is 2. The lowest BCUT2D eigenvalue weighted by molar-refractivity contribution is -0.137. The number of H-pyrrole nitrogens is 1. The molecule has 3 aromatic rings. The van der Waals surface area contributed by atoms with Gasteiger partial charge in [0, 0.05) is 0 Å². The summed E-state index contributed by atoms with van der Waals surface area (Å²) in [5, 5.41) is 7.42. The summed E-state index contributed by atoms with van der Waals surface area (Å²) in [4.78, 5) is 3.39. The zero-order valence-corrected chi connectivity index (χ0v) is 13.1. The summed E-state index contributed by atoms with van der Waals surface area (Å²) in [5.74, 6) is 0.338. The average molecular weight is 343 g/mol. The van der Waals surface area contributed by atoms with Gasteiger partial charge in [-0.05, 0) is 23.8 Å². The minimum Gasteiger partial charge on any atom is -0.507 e. The van der Waals surface area contributed by atoms with Gasteiger partial charge in [-0.15, -0.1) is 0 Å². The second-order valence-corrected chi connectivity index (χ2v) is 5.18. The standard InChI is InChI=1S/C18H12F3N3O/c1-22-15-10-9-14-16(17(15)25-2)13(23-24-14)8-7-11-5-3-4-6-12(11)18(19,20)21/h3-10H,2H3,(H,23,24)/b8-7+. The van der Waals surface area contributed by atoms with Crippen molar-refractivity contribution in [1.29, 1.82) is 0 Å². The number of alkyl halides is 3. The average Bonchev–Trinajstić information content (AvgIpc) is 3.01. The minimum absolute atomic E-state index is 0.0399. The molecule has 0 amide bonds. The predicted octanol–water partition coefficient (Wildman–Crippen LogP) is 5.31. The fraction of sp³-hybridized carbons (Fsp3) is 0.111. The Morgan fingerprint density at radius 3 is 2.60 bits per heavy atom. The van der Waals surface area contributed by atoms with E-state index in [1.165, 1.54) is 37.5 Å². The third-order valence-electron chi connectivity index (χ3n) is 3.70. The van der Waals surface area contributed by atoms with E-state index in [2.05, 4.69) is 15.0 Å². The van der Waals surface area contributed by atoms with E-state index in [-0.39, 0.29) is 5.56 Å². The summed E-state index contributed by atoms with van der Waals surface area (Å²) in [7, 11) is 1.43. The Morgan fingerprint density at radius 1 is 1.16 bits per heavy atom. The van der Waals surface area contributed by atoms with Crippen molar-refractivity contribution in [2.24, 2.45) is 0 Å². The van der Waals surface area contributed by atoms with E-state index in [4.69, 9.17) is 11.3 Å². The molecule has 1 N–H and O–H groups in total. The highest BCUT2D eigenvalue weighted by Crippen LogP contribution is 2.38. The maximum Gasteiger partial charge on any atom is 0.416 e. The first-order valence-corrected chi connectivity index (χ1v) is 7.22. The van der Waals surface area contributed by atoms with Gasteiger partial charge in [-0.25, -0.2) is 4.85 Å². The highest BCUT2D eigenvalue weighted by atomic mass is 19.4. The molecule has 7 heteroatoms. The van der Waals surface area contributed by atoms with E-state index in [0.717, 1.165) is 6.07 Å². The molecule has 0 radical (unpaired) electrons. The SMILES string of the molecule is [C-]#[N+]c1ccc2n[nH]c(/C=C/c3ccccc3C(F)(F)F)c2c1OC. The zero-order chi connectivity index (χ0) is 18.0. The lowest BCUT2D eigenvalue weighted by Crippen LogP contribution is -2.06. The summed E-state index contributed by atoms with van der Waals surface area (Å²) in [5.41, 5.74) is 0.658. The maximum absolute atomic E-state index is 13.1. The van der Waals surface area contributed by atoms with Crippen molar-refractivity contribution in [2.45, 2.75) is 6.18 Å². The van der Waals surface area contributed by atoms with Crippen LogP contribution in [0.5, 0.6) is 5.75 Å². The molecular weight excluding hydrogens is 331 g/mol. The van der Waals surface area contributed by atoms with Gasteiger partial charge in [-0.1, -0.05) is 30.3 Å². The van der Waals surface area contributed by atoms with Crippen molar-refractivity contribution in [3.05, 3.63) is 64.6 Å². The minimum atomic E-state index is -4.44. The molecule has 4 nitrogen and oxygen atoms in total. The Bertz CT molecular complexity index is 997. The molecule has 0 atom stereocenters. The molecule has 0 spiro atoms. The van der Waals surface area contributed by atoms with Gasteiger partial charge in [0.1, 0.15) is 5.75 Å². The number of fused-ring (bicyclic) bond motifs is 1. The van der Waals surface area contributed by atoms with Crippen LogP contribution in [0.1, 0.15) is 16.8 Å². The van der Waals surface area contributed by atoms with Gasteiger partial charge < -0.3 is 4.74 Å². The third kappa shape index (κ3) is 3.06. The molecule has 0 unspecified atom stereocenters. The van der Waals surface area contributed by atoms with Crippen molar-refractivity contribution in [3.63, 3.8) is 0 Å². The molecule has 0 fully saturated rings. The summed E-state index contributed by atoms with van der Waals surface area (Å²) in [6.45, 7) is 7.19. The number of benzene rings is 2. The van der Waals surface area contributed by atoms with Gasteiger partial charge in [-0.2, -0.15) is 18.3 Å². The van der Waals surface area contributed by atoms with Gasteiger partial charge in [0.05, 0.1) is 35.8 Å². The van der Waals surface area contributed by atoms with E-state index in [1.54, 1.807) is 12.1 Å². The second kappa shape index (κ2) is 6.32. The van der Waals surface area contributed by atoms with E-state index in [1.807, 2.05) is 0 Å². The van der Waals surface area contributed by atoms with Gasteiger partial charge in [0.15, 0.2) is 0 Å². The van der Waals surface area contributed by atoms with Crippen LogP contribution in [0, 0.1) is 6.57 Å². The van der Waals surface area contributed by atoms with E-state index >= 15 is 0 Å². The highest BCUT2D eigenvalue weighted by Gasteiger charge is 2.32. The van der Waals surface area contributed by atoms with Crippen LogP contribution in [0.15, 0.2) is 36.4 Å². The van der Waals surface area contributed by atoms with Crippen molar-refractivity contribution < 1.29 is 17.9 Å². The first-order valence-electron chi connectivity index (χ1n) is 7.22. The van der Waals surface area contributed by atoms with Gasteiger partial charge in [-0.3, -0.25) is 5.10 Å². The highest BCUT2D eigenvalue weighted by molar-refractivity contribution is 5.98. The van der Waals surface area contributed by atoms with Crippen LogP contribution in [0.2, 0.25) is 0 Å². The first-order chi connectivity index (χ1) is 12.0. The van der Waals surface area contributed by atoms with Gasteiger partial charge in [0.2, 0.25) is 5.69 Å². The molecule has 1 aromatic heterocycles. The molecule has 0 aliphatic heterocycles. The smallest absolute Gasteiger partial charge is 0.416 e. The van der Waals surface area contributed by atoms with E-state index in [9.17, 15) is 13.2 Å². The molecule has 2 aromatic carbocycles. The molecule has 0 saturated carbocycles. The van der Waals surface area contributed by atoms with Crippen LogP contribution >= 0.6 is 0 Å². The molecule has 0 bridgehead atoms. The van der Waals surface area contributed by atoms with Crippen LogP contribution in [0.25, 0.3) is 27.9 Å².